The number of benzene rings is 1. The van der Waals surface area contributed by atoms with E-state index in [-0.39, 0.29) is 0 Å². The van der Waals surface area contributed by atoms with Crippen LogP contribution in [0, 0.1) is 0 Å². The highest BCUT2D eigenvalue weighted by atomic mass is 32.1. The largest absolute Gasteiger partial charge is 0.478 e. The molecular weight excluding hydrogens is 260 g/mol. The lowest BCUT2D eigenvalue weighted by atomic mass is 10.2. The molecule has 0 aliphatic heterocycles. The second-order valence-corrected chi connectivity index (χ2v) is 5.11. The third-order valence-corrected chi connectivity index (χ3v) is 3.82. The molecule has 19 heavy (non-hydrogen) atoms. The summed E-state index contributed by atoms with van der Waals surface area (Å²) in [5.41, 5.74) is 3.29. The van der Waals surface area contributed by atoms with E-state index in [4.69, 9.17) is 5.11 Å². The van der Waals surface area contributed by atoms with Crippen molar-refractivity contribution < 1.29 is 9.90 Å². The molecule has 0 bridgehead atoms. The second kappa shape index (κ2) is 4.85. The number of aromatic nitrogens is 2. The molecule has 3 rings (SSSR count). The van der Waals surface area contributed by atoms with Gasteiger partial charge in [0, 0.05) is 6.54 Å². The first-order valence-electron chi connectivity index (χ1n) is 5.93. The SMILES string of the molecule is O=C(O)c1ccc2ncn(CCc3ccsc3)c2c1. The zero-order chi connectivity index (χ0) is 13.2. The first-order valence-corrected chi connectivity index (χ1v) is 6.87. The minimum Gasteiger partial charge on any atom is -0.478 e. The summed E-state index contributed by atoms with van der Waals surface area (Å²) in [5.74, 6) is -0.910. The first-order chi connectivity index (χ1) is 9.24. The fourth-order valence-electron chi connectivity index (χ4n) is 2.05. The third-order valence-electron chi connectivity index (χ3n) is 3.09. The van der Waals surface area contributed by atoms with E-state index in [1.54, 1.807) is 35.9 Å². The molecule has 0 fully saturated rings. The molecule has 0 spiro atoms. The molecule has 0 amide bonds. The van der Waals surface area contributed by atoms with E-state index in [2.05, 4.69) is 21.8 Å². The van der Waals surface area contributed by atoms with Crippen LogP contribution in [0.5, 0.6) is 0 Å². The van der Waals surface area contributed by atoms with Crippen molar-refractivity contribution in [1.29, 1.82) is 0 Å². The second-order valence-electron chi connectivity index (χ2n) is 4.33. The average Bonchev–Trinajstić information content (AvgIpc) is 3.05. The molecular formula is C14H12N2O2S. The predicted molar refractivity (Wildman–Crippen MR) is 74.7 cm³/mol. The number of hydrogen-bond donors (Lipinski definition) is 1. The summed E-state index contributed by atoms with van der Waals surface area (Å²) in [6, 6.07) is 7.12. The summed E-state index contributed by atoms with van der Waals surface area (Å²) in [7, 11) is 0. The minimum absolute atomic E-state index is 0.296. The Bertz CT molecular complexity index is 716. The molecule has 0 aliphatic carbocycles. The molecule has 0 saturated carbocycles. The van der Waals surface area contributed by atoms with Crippen molar-refractivity contribution in [1.82, 2.24) is 9.55 Å². The highest BCUT2D eigenvalue weighted by Gasteiger charge is 2.08. The van der Waals surface area contributed by atoms with E-state index >= 15 is 0 Å². The maximum Gasteiger partial charge on any atom is 0.335 e. The van der Waals surface area contributed by atoms with Crippen molar-refractivity contribution in [2.24, 2.45) is 0 Å². The van der Waals surface area contributed by atoms with E-state index in [0.29, 0.717) is 5.56 Å². The van der Waals surface area contributed by atoms with E-state index < -0.39 is 5.97 Å². The van der Waals surface area contributed by atoms with Crippen LogP contribution in [0.1, 0.15) is 15.9 Å². The topological polar surface area (TPSA) is 55.1 Å². The van der Waals surface area contributed by atoms with Crippen LogP contribution < -0.4 is 0 Å². The minimum atomic E-state index is -0.910. The van der Waals surface area contributed by atoms with Crippen LogP contribution >= 0.6 is 11.3 Å². The molecule has 96 valence electrons. The number of hydrogen-bond acceptors (Lipinski definition) is 3. The Labute approximate surface area is 113 Å². The zero-order valence-corrected chi connectivity index (χ0v) is 10.9. The van der Waals surface area contributed by atoms with Gasteiger partial charge in [0.2, 0.25) is 0 Å². The van der Waals surface area contributed by atoms with Crippen LogP contribution in [0.4, 0.5) is 0 Å². The molecule has 0 atom stereocenters. The third kappa shape index (κ3) is 2.37. The number of imidazole rings is 1. The van der Waals surface area contributed by atoms with Crippen molar-refractivity contribution in [3.8, 4) is 0 Å². The monoisotopic (exact) mass is 272 g/mol. The molecule has 0 unspecified atom stereocenters. The van der Waals surface area contributed by atoms with Crippen molar-refractivity contribution in [2.45, 2.75) is 13.0 Å². The smallest absolute Gasteiger partial charge is 0.335 e. The van der Waals surface area contributed by atoms with Crippen molar-refractivity contribution in [3.63, 3.8) is 0 Å². The number of nitrogens with zero attached hydrogens (tertiary/aromatic N) is 2. The van der Waals surface area contributed by atoms with Crippen LogP contribution in [-0.2, 0) is 13.0 Å². The van der Waals surface area contributed by atoms with E-state index in [1.165, 1.54) is 5.56 Å². The van der Waals surface area contributed by atoms with Gasteiger partial charge in [-0.05, 0) is 47.0 Å². The van der Waals surface area contributed by atoms with E-state index in [9.17, 15) is 4.79 Å². The van der Waals surface area contributed by atoms with Gasteiger partial charge in [-0.2, -0.15) is 11.3 Å². The van der Waals surface area contributed by atoms with Crippen molar-refractivity contribution in [3.05, 3.63) is 52.5 Å². The molecule has 4 nitrogen and oxygen atoms in total. The summed E-state index contributed by atoms with van der Waals surface area (Å²) in [6.07, 6.45) is 2.69. The van der Waals surface area contributed by atoms with Crippen LogP contribution in [0.25, 0.3) is 11.0 Å². The lowest BCUT2D eigenvalue weighted by molar-refractivity contribution is 0.0697. The molecule has 1 aromatic carbocycles. The molecule has 0 saturated heterocycles. The van der Waals surface area contributed by atoms with E-state index in [0.717, 1.165) is 24.0 Å². The highest BCUT2D eigenvalue weighted by Crippen LogP contribution is 2.16. The van der Waals surface area contributed by atoms with Crippen LogP contribution in [-0.4, -0.2) is 20.6 Å². The number of fused-ring (bicyclic) bond motifs is 1. The summed E-state index contributed by atoms with van der Waals surface area (Å²) in [6.45, 7) is 0.802. The molecule has 2 aromatic heterocycles. The average molecular weight is 272 g/mol. The summed E-state index contributed by atoms with van der Waals surface area (Å²) in [4.78, 5) is 15.3. The summed E-state index contributed by atoms with van der Waals surface area (Å²) < 4.78 is 2.00. The predicted octanol–water partition coefficient (Wildman–Crippen LogP) is 3.04. The highest BCUT2D eigenvalue weighted by molar-refractivity contribution is 7.07. The molecule has 3 aromatic rings. The Morgan fingerprint density at radius 2 is 2.26 bits per heavy atom. The Kier molecular flexibility index (Phi) is 3.05. The fraction of sp³-hybridized carbons (Fsp3) is 0.143. The molecule has 2 heterocycles. The Morgan fingerprint density at radius 3 is 3.00 bits per heavy atom. The first kappa shape index (κ1) is 11.9. The molecule has 5 heteroatoms. The van der Waals surface area contributed by atoms with Gasteiger partial charge in [0.15, 0.2) is 0 Å². The van der Waals surface area contributed by atoms with Crippen molar-refractivity contribution >= 4 is 28.3 Å². The van der Waals surface area contributed by atoms with E-state index in [1.807, 2.05) is 4.57 Å². The van der Waals surface area contributed by atoms with Crippen LogP contribution in [0.15, 0.2) is 41.4 Å². The maximum absolute atomic E-state index is 11.0. The number of carboxylic acids is 1. The zero-order valence-electron chi connectivity index (χ0n) is 10.1. The lowest BCUT2D eigenvalue weighted by Gasteiger charge is -2.03. The Hall–Kier alpha value is -2.14. The molecule has 1 N–H and O–H groups in total. The quantitative estimate of drug-likeness (QED) is 0.794. The van der Waals surface area contributed by atoms with Gasteiger partial charge in [0.1, 0.15) is 0 Å². The maximum atomic E-state index is 11.0. The Balaban J connectivity index is 1.90. The van der Waals surface area contributed by atoms with Crippen LogP contribution in [0.2, 0.25) is 0 Å². The molecule has 0 aliphatic rings. The van der Waals surface area contributed by atoms with Gasteiger partial charge in [0.05, 0.1) is 22.9 Å². The van der Waals surface area contributed by atoms with Gasteiger partial charge in [-0.3, -0.25) is 0 Å². The lowest BCUT2D eigenvalue weighted by Crippen LogP contribution is -2.01. The number of rotatable bonds is 4. The van der Waals surface area contributed by atoms with Gasteiger partial charge in [0.25, 0.3) is 0 Å². The summed E-state index contributed by atoms with van der Waals surface area (Å²) in [5, 5.41) is 13.2. The number of thiophene rings is 1. The number of aromatic carboxylic acids is 1. The number of aryl methyl sites for hydroxylation is 2. The summed E-state index contributed by atoms with van der Waals surface area (Å²) >= 11 is 1.68. The van der Waals surface area contributed by atoms with Gasteiger partial charge in [-0.25, -0.2) is 9.78 Å². The number of carbonyl (C=O) groups is 1. The van der Waals surface area contributed by atoms with Gasteiger partial charge in [-0.15, -0.1) is 0 Å². The normalized spacial score (nSPS) is 10.9. The van der Waals surface area contributed by atoms with Gasteiger partial charge < -0.3 is 9.67 Å². The van der Waals surface area contributed by atoms with Crippen molar-refractivity contribution in [2.75, 3.05) is 0 Å². The van der Waals surface area contributed by atoms with Gasteiger partial charge >= 0.3 is 5.97 Å². The van der Waals surface area contributed by atoms with Crippen LogP contribution in [0.3, 0.4) is 0 Å². The Morgan fingerprint density at radius 1 is 1.37 bits per heavy atom. The number of carboxylic acid groups (broad SMARTS) is 1. The van der Waals surface area contributed by atoms with Gasteiger partial charge in [-0.1, -0.05) is 0 Å². The fourth-order valence-corrected chi connectivity index (χ4v) is 2.76. The standard InChI is InChI=1S/C14H12N2O2S/c17-14(18)11-1-2-12-13(7-11)16(9-15-12)5-3-10-4-6-19-8-10/h1-2,4,6-9H,3,5H2,(H,17,18). The molecule has 0 radical (unpaired) electrons.